The number of nitrogens with one attached hydrogen (secondary N) is 3. The first kappa shape index (κ1) is 10.9. The van der Waals surface area contributed by atoms with Gasteiger partial charge >= 0.3 is 5.82 Å². The molecule has 8 nitrogen and oxygen atoms in total. The molecule has 17 heavy (non-hydrogen) atoms. The van der Waals surface area contributed by atoms with Gasteiger partial charge in [0.25, 0.3) is 5.91 Å². The lowest BCUT2D eigenvalue weighted by molar-refractivity contribution is -0.389. The molecule has 0 atom stereocenters. The molecule has 0 aliphatic heterocycles. The summed E-state index contributed by atoms with van der Waals surface area (Å²) in [4.78, 5) is 30.5. The fourth-order valence-electron chi connectivity index (χ4n) is 1.28. The summed E-state index contributed by atoms with van der Waals surface area (Å²) in [7, 11) is 0. The van der Waals surface area contributed by atoms with Crippen molar-refractivity contribution in [1.82, 2.24) is 20.3 Å². The normalized spacial score (nSPS) is 10.1. The number of H-pyrrole nitrogens is 2. The molecule has 0 fully saturated rings. The van der Waals surface area contributed by atoms with Crippen LogP contribution in [0.1, 0.15) is 16.3 Å². The Morgan fingerprint density at radius 2 is 2.35 bits per heavy atom. The number of carbonyl (C=O) groups excluding carboxylic acids is 1. The van der Waals surface area contributed by atoms with E-state index in [1.165, 1.54) is 12.1 Å². The number of aromatic amines is 2. The number of hydrogen-bond acceptors (Lipinski definition) is 4. The fourth-order valence-corrected chi connectivity index (χ4v) is 1.28. The molecular formula is C9H9N5O3. The van der Waals surface area contributed by atoms with E-state index in [-0.39, 0.29) is 18.1 Å². The Balaban J connectivity index is 1.97. The minimum Gasteiger partial charge on any atom is -0.358 e. The van der Waals surface area contributed by atoms with Gasteiger partial charge in [0.15, 0.2) is 5.69 Å². The van der Waals surface area contributed by atoms with Crippen LogP contribution < -0.4 is 5.32 Å². The molecule has 0 saturated carbocycles. The Hall–Kier alpha value is -2.64. The zero-order chi connectivity index (χ0) is 12.3. The van der Waals surface area contributed by atoms with E-state index in [0.29, 0.717) is 5.82 Å². The molecule has 0 spiro atoms. The molecule has 2 aromatic heterocycles. The summed E-state index contributed by atoms with van der Waals surface area (Å²) < 4.78 is 0. The third-order valence-corrected chi connectivity index (χ3v) is 2.08. The summed E-state index contributed by atoms with van der Waals surface area (Å²) in [6.07, 6.45) is 3.21. The number of nitrogens with zero attached hydrogens (tertiary/aromatic N) is 2. The zero-order valence-corrected chi connectivity index (χ0v) is 8.64. The molecule has 3 N–H and O–H groups in total. The Morgan fingerprint density at radius 3 is 2.94 bits per heavy atom. The first-order valence-electron chi connectivity index (χ1n) is 4.76. The number of nitro groups is 1. The van der Waals surface area contributed by atoms with Crippen molar-refractivity contribution in [3.8, 4) is 0 Å². The van der Waals surface area contributed by atoms with Crippen LogP contribution >= 0.6 is 0 Å². The van der Waals surface area contributed by atoms with Crippen molar-refractivity contribution in [3.05, 3.63) is 46.2 Å². The van der Waals surface area contributed by atoms with Crippen LogP contribution in [0.2, 0.25) is 0 Å². The van der Waals surface area contributed by atoms with Crippen molar-refractivity contribution < 1.29 is 9.72 Å². The van der Waals surface area contributed by atoms with E-state index in [2.05, 4.69) is 20.3 Å². The van der Waals surface area contributed by atoms with Gasteiger partial charge in [0, 0.05) is 18.5 Å². The minimum atomic E-state index is -0.594. The predicted molar refractivity (Wildman–Crippen MR) is 57.2 cm³/mol. The number of carbonyl (C=O) groups is 1. The van der Waals surface area contributed by atoms with Crippen LogP contribution in [0.15, 0.2) is 24.5 Å². The number of aromatic nitrogens is 3. The highest BCUT2D eigenvalue weighted by Crippen LogP contribution is 2.09. The maximum Gasteiger partial charge on any atom is 0.321 e. The average molecular weight is 235 g/mol. The van der Waals surface area contributed by atoms with Crippen molar-refractivity contribution in [2.75, 3.05) is 0 Å². The summed E-state index contributed by atoms with van der Waals surface area (Å²) in [6, 6.07) is 2.59. The molecular weight excluding hydrogens is 226 g/mol. The summed E-state index contributed by atoms with van der Waals surface area (Å²) in [5.74, 6) is -0.0259. The highest BCUT2D eigenvalue weighted by Gasteiger charge is 2.14. The SMILES string of the molecule is O=C(NCc1ncc[nH]1)c1ccc([N+](=O)[O-])[nH]1. The summed E-state index contributed by atoms with van der Waals surface area (Å²) in [5, 5.41) is 13.0. The van der Waals surface area contributed by atoms with Gasteiger partial charge < -0.3 is 20.4 Å². The van der Waals surface area contributed by atoms with Gasteiger partial charge in [-0.15, -0.1) is 0 Å². The molecule has 0 aliphatic carbocycles. The van der Waals surface area contributed by atoms with Crippen molar-refractivity contribution in [1.29, 1.82) is 0 Å². The van der Waals surface area contributed by atoms with Crippen molar-refractivity contribution >= 4 is 11.7 Å². The van der Waals surface area contributed by atoms with Gasteiger partial charge in [-0.3, -0.25) is 4.79 Å². The van der Waals surface area contributed by atoms with Crippen molar-refractivity contribution in [2.45, 2.75) is 6.54 Å². The van der Waals surface area contributed by atoms with E-state index < -0.39 is 10.8 Å². The maximum atomic E-state index is 11.6. The van der Waals surface area contributed by atoms with E-state index in [1.807, 2.05) is 0 Å². The van der Waals surface area contributed by atoms with E-state index >= 15 is 0 Å². The molecule has 8 heteroatoms. The summed E-state index contributed by atoms with van der Waals surface area (Å²) in [5.41, 5.74) is 0.142. The smallest absolute Gasteiger partial charge is 0.321 e. The Kier molecular flexibility index (Phi) is 2.86. The number of amides is 1. The third kappa shape index (κ3) is 2.48. The average Bonchev–Trinajstić information content (AvgIpc) is 2.96. The van der Waals surface area contributed by atoms with E-state index in [4.69, 9.17) is 0 Å². The molecule has 88 valence electrons. The molecule has 0 radical (unpaired) electrons. The Bertz CT molecular complexity index is 531. The van der Waals surface area contributed by atoms with Gasteiger partial charge in [-0.25, -0.2) is 9.97 Å². The Morgan fingerprint density at radius 1 is 1.53 bits per heavy atom. The standard InChI is InChI=1S/C9H9N5O3/c15-9(12-5-7-10-3-4-11-7)6-1-2-8(13-6)14(16)17/h1-4,13H,5H2,(H,10,11)(H,12,15). The minimum absolute atomic E-state index is 0.142. The summed E-state index contributed by atoms with van der Waals surface area (Å²) in [6.45, 7) is 0.235. The van der Waals surface area contributed by atoms with Gasteiger partial charge in [-0.05, 0) is 11.0 Å². The molecule has 0 bridgehead atoms. The maximum absolute atomic E-state index is 11.6. The second-order valence-electron chi connectivity index (χ2n) is 3.23. The van der Waals surface area contributed by atoms with Gasteiger partial charge in [-0.2, -0.15) is 0 Å². The number of hydrogen-bond donors (Lipinski definition) is 3. The number of rotatable bonds is 4. The van der Waals surface area contributed by atoms with Crippen LogP contribution in [0.4, 0.5) is 5.82 Å². The lowest BCUT2D eigenvalue weighted by Gasteiger charge is -1.98. The lowest BCUT2D eigenvalue weighted by Crippen LogP contribution is -2.23. The van der Waals surface area contributed by atoms with Crippen molar-refractivity contribution in [2.24, 2.45) is 0 Å². The summed E-state index contributed by atoms with van der Waals surface area (Å²) >= 11 is 0. The molecule has 0 aliphatic rings. The first-order chi connectivity index (χ1) is 8.16. The van der Waals surface area contributed by atoms with Gasteiger partial charge in [0.1, 0.15) is 5.82 Å². The molecule has 2 heterocycles. The van der Waals surface area contributed by atoms with Gasteiger partial charge in [0.2, 0.25) is 0 Å². The quantitative estimate of drug-likeness (QED) is 0.530. The highest BCUT2D eigenvalue weighted by atomic mass is 16.6. The predicted octanol–water partition coefficient (Wildman–Crippen LogP) is 0.576. The highest BCUT2D eigenvalue weighted by molar-refractivity contribution is 5.92. The monoisotopic (exact) mass is 235 g/mol. The molecule has 2 rings (SSSR count). The molecule has 0 unspecified atom stereocenters. The Labute approximate surface area is 95.2 Å². The van der Waals surface area contributed by atoms with Crippen LogP contribution in [0.5, 0.6) is 0 Å². The second-order valence-corrected chi connectivity index (χ2v) is 3.23. The van der Waals surface area contributed by atoms with Crippen LogP contribution in [-0.2, 0) is 6.54 Å². The molecule has 0 saturated heterocycles. The van der Waals surface area contributed by atoms with E-state index in [0.717, 1.165) is 0 Å². The van der Waals surface area contributed by atoms with E-state index in [1.54, 1.807) is 12.4 Å². The van der Waals surface area contributed by atoms with Crippen LogP contribution in [0, 0.1) is 10.1 Å². The van der Waals surface area contributed by atoms with E-state index in [9.17, 15) is 14.9 Å². The van der Waals surface area contributed by atoms with Gasteiger partial charge in [0.05, 0.1) is 6.54 Å². The van der Waals surface area contributed by atoms with Crippen LogP contribution in [0.25, 0.3) is 0 Å². The third-order valence-electron chi connectivity index (χ3n) is 2.08. The first-order valence-corrected chi connectivity index (χ1v) is 4.76. The van der Waals surface area contributed by atoms with Crippen LogP contribution in [-0.4, -0.2) is 25.8 Å². The molecule has 1 amide bonds. The van der Waals surface area contributed by atoms with Crippen molar-refractivity contribution in [3.63, 3.8) is 0 Å². The molecule has 0 aromatic carbocycles. The van der Waals surface area contributed by atoms with Crippen LogP contribution in [0.3, 0.4) is 0 Å². The number of imidazole rings is 1. The fraction of sp³-hybridized carbons (Fsp3) is 0.111. The topological polar surface area (TPSA) is 117 Å². The van der Waals surface area contributed by atoms with Gasteiger partial charge in [-0.1, -0.05) is 0 Å². The second kappa shape index (κ2) is 4.47. The largest absolute Gasteiger partial charge is 0.358 e. The lowest BCUT2D eigenvalue weighted by atomic mass is 10.4. The molecule has 2 aromatic rings. The zero-order valence-electron chi connectivity index (χ0n) is 8.64.